The number of aromatic nitrogens is 4. The van der Waals surface area contributed by atoms with Crippen LogP contribution < -0.4 is 10.2 Å². The molecule has 0 unspecified atom stereocenters. The van der Waals surface area contributed by atoms with Crippen LogP contribution in [-0.2, 0) is 0 Å². The molecule has 0 saturated heterocycles. The Balaban J connectivity index is 2.25. The quantitative estimate of drug-likeness (QED) is 0.626. The summed E-state index contributed by atoms with van der Waals surface area (Å²) in [5.41, 5.74) is 0.422. The molecule has 0 radical (unpaired) electrons. The molecule has 1 aromatic carbocycles. The zero-order chi connectivity index (χ0) is 17.3. The maximum Gasteiger partial charge on any atom is 0.168 e. The largest absolute Gasteiger partial charge is 0.545 e. The van der Waals surface area contributed by atoms with Crippen LogP contribution in [0.25, 0.3) is 17.1 Å². The van der Waals surface area contributed by atoms with Crippen LogP contribution in [0.3, 0.4) is 0 Å². The molecule has 3 aromatic rings. The van der Waals surface area contributed by atoms with E-state index in [2.05, 4.69) is 15.2 Å². The Kier molecular flexibility index (Phi) is 3.78. The van der Waals surface area contributed by atoms with Crippen molar-refractivity contribution in [1.82, 2.24) is 19.7 Å². The average molecular weight is 322 g/mol. The number of carboxylic acid groups (broad SMARTS) is 2. The van der Waals surface area contributed by atoms with Gasteiger partial charge >= 0.3 is 0 Å². The Hall–Kier alpha value is -3.55. The molecule has 2 aromatic heterocycles. The van der Waals surface area contributed by atoms with Crippen molar-refractivity contribution in [2.24, 2.45) is 0 Å². The fourth-order valence-electron chi connectivity index (χ4n) is 2.34. The number of nitrogens with zero attached hydrogens (tertiary/aromatic N) is 4. The number of hydrogen-bond donors (Lipinski definition) is 0. The lowest BCUT2D eigenvalue weighted by molar-refractivity contribution is -0.255. The zero-order valence-corrected chi connectivity index (χ0v) is 12.5. The molecule has 2 heterocycles. The maximum absolute atomic E-state index is 11.2. The van der Waals surface area contributed by atoms with Crippen LogP contribution in [0.4, 0.5) is 0 Å². The standard InChI is InChI=1S/C16H12N4O4/c1-9-18-19-14(10-2-4-17-5-3-10)20(9)13-7-11(15(21)22)6-12(8-13)16(23)24/h2-8H,1H3,(H,21,22)(H,23,24)/p-2. The average Bonchev–Trinajstić information content (AvgIpc) is 2.96. The smallest absolute Gasteiger partial charge is 0.168 e. The third-order valence-corrected chi connectivity index (χ3v) is 3.41. The molecule has 0 N–H and O–H groups in total. The Morgan fingerprint density at radius 2 is 1.54 bits per heavy atom. The van der Waals surface area contributed by atoms with Gasteiger partial charge in [0.05, 0.1) is 17.6 Å². The van der Waals surface area contributed by atoms with E-state index >= 15 is 0 Å². The maximum atomic E-state index is 11.2. The number of rotatable bonds is 4. The first-order valence-electron chi connectivity index (χ1n) is 6.88. The molecular weight excluding hydrogens is 312 g/mol. The number of carbonyl (C=O) groups is 2. The van der Waals surface area contributed by atoms with Crippen LogP contribution in [0.2, 0.25) is 0 Å². The highest BCUT2D eigenvalue weighted by Gasteiger charge is 2.14. The number of aryl methyl sites for hydroxylation is 1. The summed E-state index contributed by atoms with van der Waals surface area (Å²) < 4.78 is 1.55. The van der Waals surface area contributed by atoms with E-state index in [1.165, 1.54) is 12.1 Å². The van der Waals surface area contributed by atoms with Crippen molar-refractivity contribution in [3.05, 3.63) is 59.7 Å². The normalized spacial score (nSPS) is 10.5. The van der Waals surface area contributed by atoms with Gasteiger partial charge in [-0.05, 0) is 48.4 Å². The Morgan fingerprint density at radius 3 is 2.08 bits per heavy atom. The number of hydrogen-bond acceptors (Lipinski definition) is 7. The van der Waals surface area contributed by atoms with Crippen LogP contribution in [0.15, 0.2) is 42.7 Å². The highest BCUT2D eigenvalue weighted by molar-refractivity contribution is 5.93. The Labute approximate surface area is 136 Å². The molecule has 0 bridgehead atoms. The molecule has 120 valence electrons. The molecule has 0 aliphatic rings. The first-order valence-corrected chi connectivity index (χ1v) is 6.88. The fraction of sp³-hybridized carbons (Fsp3) is 0.0625. The van der Waals surface area contributed by atoms with Crippen LogP contribution in [0.1, 0.15) is 26.5 Å². The predicted octanol–water partition coefficient (Wildman–Crippen LogP) is -0.635. The molecule has 0 aliphatic carbocycles. The highest BCUT2D eigenvalue weighted by atomic mass is 16.4. The second-order valence-electron chi connectivity index (χ2n) is 4.99. The fourth-order valence-corrected chi connectivity index (χ4v) is 2.34. The number of carbonyl (C=O) groups excluding carboxylic acids is 2. The van der Waals surface area contributed by atoms with Crippen molar-refractivity contribution < 1.29 is 19.8 Å². The van der Waals surface area contributed by atoms with E-state index in [-0.39, 0.29) is 16.8 Å². The molecule has 0 amide bonds. The zero-order valence-electron chi connectivity index (χ0n) is 12.5. The number of benzene rings is 1. The van der Waals surface area contributed by atoms with Crippen molar-refractivity contribution in [3.8, 4) is 17.1 Å². The summed E-state index contributed by atoms with van der Waals surface area (Å²) >= 11 is 0. The van der Waals surface area contributed by atoms with Gasteiger partial charge in [0, 0.05) is 18.0 Å². The van der Waals surface area contributed by atoms with E-state index in [0.29, 0.717) is 17.2 Å². The van der Waals surface area contributed by atoms with Crippen LogP contribution in [0.5, 0.6) is 0 Å². The summed E-state index contributed by atoms with van der Waals surface area (Å²) in [5.74, 6) is -2.10. The van der Waals surface area contributed by atoms with E-state index < -0.39 is 11.9 Å². The van der Waals surface area contributed by atoms with Gasteiger partial charge in [-0.1, -0.05) is 0 Å². The molecule has 0 atom stereocenters. The van der Waals surface area contributed by atoms with E-state index in [0.717, 1.165) is 6.07 Å². The number of aromatic carboxylic acids is 2. The van der Waals surface area contributed by atoms with Gasteiger partial charge in [0.15, 0.2) is 5.82 Å². The third-order valence-electron chi connectivity index (χ3n) is 3.41. The Bertz CT molecular complexity index is 902. The van der Waals surface area contributed by atoms with Crippen molar-refractivity contribution in [2.75, 3.05) is 0 Å². The lowest BCUT2D eigenvalue weighted by Gasteiger charge is -2.14. The minimum Gasteiger partial charge on any atom is -0.545 e. The molecular formula is C16H10N4O4-2. The van der Waals surface area contributed by atoms with Gasteiger partial charge in [-0.25, -0.2) is 0 Å². The molecule has 0 aliphatic heterocycles. The molecule has 0 fully saturated rings. The van der Waals surface area contributed by atoms with E-state index in [1.807, 2.05) is 0 Å². The van der Waals surface area contributed by atoms with Gasteiger partial charge in [-0.3, -0.25) is 9.55 Å². The van der Waals surface area contributed by atoms with E-state index in [1.54, 1.807) is 36.0 Å². The molecule has 24 heavy (non-hydrogen) atoms. The van der Waals surface area contributed by atoms with E-state index in [9.17, 15) is 19.8 Å². The van der Waals surface area contributed by atoms with Gasteiger partial charge in [0.25, 0.3) is 0 Å². The lowest BCUT2D eigenvalue weighted by Crippen LogP contribution is -2.26. The summed E-state index contributed by atoms with van der Waals surface area (Å²) in [6.45, 7) is 1.67. The second-order valence-corrected chi connectivity index (χ2v) is 4.99. The van der Waals surface area contributed by atoms with Crippen molar-refractivity contribution >= 4 is 11.9 Å². The molecule has 8 heteroatoms. The predicted molar refractivity (Wildman–Crippen MR) is 78.0 cm³/mol. The van der Waals surface area contributed by atoms with Gasteiger partial charge in [-0.2, -0.15) is 0 Å². The molecule has 3 rings (SSSR count). The summed E-state index contributed by atoms with van der Waals surface area (Å²) in [7, 11) is 0. The van der Waals surface area contributed by atoms with Gasteiger partial charge < -0.3 is 19.8 Å². The lowest BCUT2D eigenvalue weighted by atomic mass is 10.1. The van der Waals surface area contributed by atoms with Crippen LogP contribution in [-0.4, -0.2) is 31.7 Å². The number of carboxylic acids is 2. The topological polar surface area (TPSA) is 124 Å². The number of pyridine rings is 1. The summed E-state index contributed by atoms with van der Waals surface area (Å²) in [6.07, 6.45) is 3.15. The molecule has 0 saturated carbocycles. The van der Waals surface area contributed by atoms with E-state index in [4.69, 9.17) is 0 Å². The summed E-state index contributed by atoms with van der Waals surface area (Å²) in [6, 6.07) is 7.00. The third kappa shape index (κ3) is 2.72. The summed E-state index contributed by atoms with van der Waals surface area (Å²) in [5, 5.41) is 30.4. The van der Waals surface area contributed by atoms with Crippen LogP contribution >= 0.6 is 0 Å². The first kappa shape index (κ1) is 15.3. The highest BCUT2D eigenvalue weighted by Crippen LogP contribution is 2.23. The minimum atomic E-state index is -1.49. The van der Waals surface area contributed by atoms with Crippen LogP contribution in [0, 0.1) is 6.92 Å². The van der Waals surface area contributed by atoms with Gasteiger partial charge in [-0.15, -0.1) is 10.2 Å². The second kappa shape index (κ2) is 5.92. The van der Waals surface area contributed by atoms with Crippen molar-refractivity contribution in [2.45, 2.75) is 6.92 Å². The monoisotopic (exact) mass is 322 g/mol. The minimum absolute atomic E-state index is 0.277. The van der Waals surface area contributed by atoms with Crippen molar-refractivity contribution in [1.29, 1.82) is 0 Å². The molecule has 8 nitrogen and oxygen atoms in total. The summed E-state index contributed by atoms with van der Waals surface area (Å²) in [4.78, 5) is 26.3. The molecule has 0 spiro atoms. The van der Waals surface area contributed by atoms with Gasteiger partial charge in [0.1, 0.15) is 5.82 Å². The SMILES string of the molecule is Cc1nnc(-c2ccncc2)n1-c1cc(C(=O)[O-])cc(C(=O)[O-])c1. The van der Waals surface area contributed by atoms with Crippen molar-refractivity contribution in [3.63, 3.8) is 0 Å². The Morgan fingerprint density at radius 1 is 0.958 bits per heavy atom. The van der Waals surface area contributed by atoms with Gasteiger partial charge in [0.2, 0.25) is 0 Å². The first-order chi connectivity index (χ1) is 11.5.